The smallest absolute Gasteiger partial charge is 0.307 e. The average Bonchev–Trinajstić information content (AvgIpc) is 2.84. The molecule has 1 saturated heterocycles. The molecular formula is C20H26O6. The summed E-state index contributed by atoms with van der Waals surface area (Å²) in [6, 6.07) is 0. The van der Waals surface area contributed by atoms with Gasteiger partial charge in [-0.25, -0.2) is 0 Å². The van der Waals surface area contributed by atoms with Crippen LogP contribution < -0.4 is 0 Å². The van der Waals surface area contributed by atoms with Gasteiger partial charge in [0.2, 0.25) is 0 Å². The average molecular weight is 362 g/mol. The summed E-state index contributed by atoms with van der Waals surface area (Å²) in [4.78, 5) is 35.8. The highest BCUT2D eigenvalue weighted by Gasteiger charge is 2.55. The van der Waals surface area contributed by atoms with Crippen LogP contribution in [0, 0.1) is 5.41 Å². The number of aliphatic hydroxyl groups is 1. The Labute approximate surface area is 153 Å². The molecule has 0 saturated carbocycles. The number of ether oxygens (including phenoxy) is 2. The van der Waals surface area contributed by atoms with Crippen LogP contribution in [-0.4, -0.2) is 41.1 Å². The highest BCUT2D eigenvalue weighted by Crippen LogP contribution is 2.45. The number of esters is 2. The fourth-order valence-corrected chi connectivity index (χ4v) is 3.40. The lowest BCUT2D eigenvalue weighted by Gasteiger charge is -2.34. The molecule has 0 bridgehead atoms. The van der Waals surface area contributed by atoms with Gasteiger partial charge in [-0.1, -0.05) is 17.7 Å². The van der Waals surface area contributed by atoms with Crippen LogP contribution in [0.1, 0.15) is 46.5 Å². The van der Waals surface area contributed by atoms with Crippen LogP contribution >= 0.6 is 0 Å². The maximum Gasteiger partial charge on any atom is 0.307 e. The first-order valence-corrected chi connectivity index (χ1v) is 8.74. The van der Waals surface area contributed by atoms with Crippen LogP contribution in [0.3, 0.4) is 0 Å². The third kappa shape index (κ3) is 4.49. The standard InChI is InChI=1S/C20H26O6/c1-12(2)16(22)7-5-13(3)9-18-20(11-19(24)26-18)10-15(25-14(4)21)6-8-17(20)23/h6,8-9,15-16,18,22H,1,5,7,10-11H2,2-4H3/b13-9+/t15-,16?,18-,20?/m1/s1. The summed E-state index contributed by atoms with van der Waals surface area (Å²) in [5.74, 6) is -1.07. The molecule has 142 valence electrons. The second-order valence-electron chi connectivity index (χ2n) is 7.23. The Hall–Kier alpha value is -2.21. The van der Waals surface area contributed by atoms with Crippen molar-refractivity contribution >= 4 is 17.7 Å². The molecule has 0 aromatic heterocycles. The van der Waals surface area contributed by atoms with Gasteiger partial charge in [-0.15, -0.1) is 0 Å². The Morgan fingerprint density at radius 1 is 1.46 bits per heavy atom. The summed E-state index contributed by atoms with van der Waals surface area (Å²) in [5.41, 5.74) is 0.564. The second kappa shape index (κ2) is 7.99. The predicted octanol–water partition coefficient (Wildman–Crippen LogP) is 2.41. The van der Waals surface area contributed by atoms with Gasteiger partial charge in [0.15, 0.2) is 5.78 Å². The zero-order valence-electron chi connectivity index (χ0n) is 15.5. The first-order chi connectivity index (χ1) is 12.1. The number of rotatable bonds is 6. The van der Waals surface area contributed by atoms with Crippen molar-refractivity contribution in [2.75, 3.05) is 0 Å². The van der Waals surface area contributed by atoms with E-state index in [0.717, 1.165) is 5.57 Å². The topological polar surface area (TPSA) is 89.9 Å². The molecule has 1 spiro atoms. The van der Waals surface area contributed by atoms with Crippen molar-refractivity contribution < 1.29 is 29.0 Å². The fourth-order valence-electron chi connectivity index (χ4n) is 3.40. The van der Waals surface area contributed by atoms with Crippen molar-refractivity contribution in [3.63, 3.8) is 0 Å². The minimum atomic E-state index is -1.04. The van der Waals surface area contributed by atoms with E-state index in [9.17, 15) is 19.5 Å². The summed E-state index contributed by atoms with van der Waals surface area (Å²) in [6.07, 6.45) is 4.14. The van der Waals surface area contributed by atoms with E-state index in [2.05, 4.69) is 6.58 Å². The number of hydrogen-bond donors (Lipinski definition) is 1. The maximum atomic E-state index is 12.6. The van der Waals surface area contributed by atoms with Crippen molar-refractivity contribution in [3.05, 3.63) is 36.0 Å². The summed E-state index contributed by atoms with van der Waals surface area (Å²) in [6.45, 7) is 8.67. The number of ketones is 1. The van der Waals surface area contributed by atoms with E-state index >= 15 is 0 Å². The lowest BCUT2D eigenvalue weighted by Crippen LogP contribution is -2.43. The Bertz CT molecular complexity index is 674. The highest BCUT2D eigenvalue weighted by molar-refractivity contribution is 6.00. The molecule has 0 aromatic rings. The molecule has 1 fully saturated rings. The number of cyclic esters (lactones) is 1. The maximum absolute atomic E-state index is 12.6. The molecule has 26 heavy (non-hydrogen) atoms. The Morgan fingerprint density at radius 3 is 2.77 bits per heavy atom. The molecule has 6 heteroatoms. The van der Waals surface area contributed by atoms with Crippen LogP contribution in [-0.2, 0) is 23.9 Å². The van der Waals surface area contributed by atoms with Crippen molar-refractivity contribution in [3.8, 4) is 0 Å². The van der Waals surface area contributed by atoms with Gasteiger partial charge >= 0.3 is 11.9 Å². The van der Waals surface area contributed by atoms with Crippen LogP contribution in [0.5, 0.6) is 0 Å². The molecule has 4 atom stereocenters. The van der Waals surface area contributed by atoms with Gasteiger partial charge in [-0.2, -0.15) is 0 Å². The minimum Gasteiger partial charge on any atom is -0.458 e. The van der Waals surface area contributed by atoms with Gasteiger partial charge in [-0.3, -0.25) is 14.4 Å². The van der Waals surface area contributed by atoms with E-state index < -0.39 is 35.7 Å². The van der Waals surface area contributed by atoms with Crippen molar-refractivity contribution in [1.29, 1.82) is 0 Å². The zero-order valence-corrected chi connectivity index (χ0v) is 15.5. The molecule has 2 aliphatic rings. The molecular weight excluding hydrogens is 336 g/mol. The Morgan fingerprint density at radius 2 is 2.15 bits per heavy atom. The van der Waals surface area contributed by atoms with E-state index in [0.29, 0.717) is 18.4 Å². The minimum absolute atomic E-state index is 0.0310. The fraction of sp³-hybridized carbons (Fsp3) is 0.550. The van der Waals surface area contributed by atoms with Crippen LogP contribution in [0.2, 0.25) is 0 Å². The first-order valence-electron chi connectivity index (χ1n) is 8.74. The van der Waals surface area contributed by atoms with Gasteiger partial charge in [0, 0.05) is 13.3 Å². The molecule has 2 rings (SSSR count). The van der Waals surface area contributed by atoms with Crippen molar-refractivity contribution in [1.82, 2.24) is 0 Å². The second-order valence-corrected chi connectivity index (χ2v) is 7.23. The van der Waals surface area contributed by atoms with E-state index in [-0.39, 0.29) is 18.6 Å². The molecule has 0 aromatic carbocycles. The van der Waals surface area contributed by atoms with Crippen molar-refractivity contribution in [2.24, 2.45) is 5.41 Å². The van der Waals surface area contributed by atoms with Gasteiger partial charge in [-0.05, 0) is 44.9 Å². The first kappa shape index (κ1) is 20.1. The third-order valence-electron chi connectivity index (χ3n) is 4.92. The summed E-state index contributed by atoms with van der Waals surface area (Å²) in [5, 5.41) is 9.86. The van der Waals surface area contributed by atoms with Crippen molar-refractivity contribution in [2.45, 2.75) is 64.8 Å². The largest absolute Gasteiger partial charge is 0.458 e. The number of aliphatic hydroxyl groups excluding tert-OH is 1. The monoisotopic (exact) mass is 362 g/mol. The number of hydrogen-bond acceptors (Lipinski definition) is 6. The molecule has 1 N–H and O–H groups in total. The quantitative estimate of drug-likeness (QED) is 0.576. The van der Waals surface area contributed by atoms with E-state index in [1.165, 1.54) is 13.0 Å². The van der Waals surface area contributed by atoms with Gasteiger partial charge < -0.3 is 14.6 Å². The van der Waals surface area contributed by atoms with Crippen LogP contribution in [0.15, 0.2) is 36.0 Å². The van der Waals surface area contributed by atoms with Gasteiger partial charge in [0.1, 0.15) is 12.2 Å². The summed E-state index contributed by atoms with van der Waals surface area (Å²) >= 11 is 0. The molecule has 6 nitrogen and oxygen atoms in total. The van der Waals surface area contributed by atoms with E-state index in [1.54, 1.807) is 19.1 Å². The number of carbonyl (C=O) groups excluding carboxylic acids is 3. The lowest BCUT2D eigenvalue weighted by molar-refractivity contribution is -0.148. The molecule has 1 aliphatic carbocycles. The summed E-state index contributed by atoms with van der Waals surface area (Å²) in [7, 11) is 0. The van der Waals surface area contributed by atoms with Crippen LogP contribution in [0.25, 0.3) is 0 Å². The molecule has 2 unspecified atom stereocenters. The van der Waals surface area contributed by atoms with Crippen LogP contribution in [0.4, 0.5) is 0 Å². The molecule has 0 radical (unpaired) electrons. The van der Waals surface area contributed by atoms with Gasteiger partial charge in [0.05, 0.1) is 17.9 Å². The predicted molar refractivity (Wildman–Crippen MR) is 95.1 cm³/mol. The summed E-state index contributed by atoms with van der Waals surface area (Å²) < 4.78 is 10.6. The number of allylic oxidation sites excluding steroid dienone is 2. The molecule has 0 amide bonds. The zero-order chi connectivity index (χ0) is 19.5. The molecule has 1 heterocycles. The number of carbonyl (C=O) groups is 3. The molecule has 1 aliphatic heterocycles. The van der Waals surface area contributed by atoms with Gasteiger partial charge in [0.25, 0.3) is 0 Å². The van der Waals surface area contributed by atoms with E-state index in [4.69, 9.17) is 9.47 Å². The van der Waals surface area contributed by atoms with E-state index in [1.807, 2.05) is 6.92 Å². The SMILES string of the molecule is C=C(C)C(O)CC/C(C)=C/[C@H]1OC(=O)CC12C[C@H](OC(C)=O)C=CC2=O. The Balaban J connectivity index is 2.18. The third-order valence-corrected chi connectivity index (χ3v) is 4.92. The Kier molecular flexibility index (Phi) is 6.18. The normalized spacial score (nSPS) is 29.6. The highest BCUT2D eigenvalue weighted by atomic mass is 16.6. The lowest BCUT2D eigenvalue weighted by atomic mass is 9.69.